The van der Waals surface area contributed by atoms with Gasteiger partial charge in [0, 0.05) is 6.54 Å². The van der Waals surface area contributed by atoms with Crippen LogP contribution in [0.25, 0.3) is 0 Å². The van der Waals surface area contributed by atoms with Crippen molar-refractivity contribution in [3.8, 4) is 0 Å². The van der Waals surface area contributed by atoms with Gasteiger partial charge in [-0.3, -0.25) is 9.89 Å². The number of hydrogen-bond acceptors (Lipinski definition) is 3. The minimum absolute atomic E-state index is 0. The molecule has 1 unspecified atom stereocenters. The first-order chi connectivity index (χ1) is 10.6. The summed E-state index contributed by atoms with van der Waals surface area (Å²) < 4.78 is 5.83. The highest BCUT2D eigenvalue weighted by atomic mass is 127. The molecule has 0 spiro atoms. The van der Waals surface area contributed by atoms with Crippen molar-refractivity contribution in [3.63, 3.8) is 0 Å². The quantitative estimate of drug-likeness (QED) is 0.393. The Bertz CT molecular complexity index is 481. The van der Waals surface area contributed by atoms with Gasteiger partial charge in [0.05, 0.1) is 12.6 Å². The van der Waals surface area contributed by atoms with E-state index in [9.17, 15) is 0 Å². The molecule has 1 aromatic heterocycles. The van der Waals surface area contributed by atoms with Gasteiger partial charge in [0.1, 0.15) is 11.5 Å². The van der Waals surface area contributed by atoms with Gasteiger partial charge in [0.15, 0.2) is 5.96 Å². The molecule has 0 saturated carbocycles. The number of aliphatic imine (C=N–C) groups is 1. The van der Waals surface area contributed by atoms with E-state index in [2.05, 4.69) is 35.1 Å². The standard InChI is InChI=1S/C17H30N4O.HI/c1-13(2)8-9-19-17(18)20-12-15(21-10-4-5-11-21)16-7-6-14(3)22-16;/h6-7,13,15H,4-5,8-12H2,1-3H3,(H3,18,19,20);1H. The molecular weight excluding hydrogens is 403 g/mol. The zero-order valence-electron chi connectivity index (χ0n) is 14.5. The zero-order valence-corrected chi connectivity index (χ0v) is 16.9. The van der Waals surface area contributed by atoms with Crippen LogP contribution in [0.1, 0.15) is 50.7 Å². The smallest absolute Gasteiger partial charge is 0.188 e. The number of rotatable bonds is 7. The Morgan fingerprint density at radius 3 is 2.61 bits per heavy atom. The van der Waals surface area contributed by atoms with E-state index in [1.165, 1.54) is 12.8 Å². The van der Waals surface area contributed by atoms with Crippen molar-refractivity contribution in [2.45, 2.75) is 46.1 Å². The molecule has 132 valence electrons. The number of hydrogen-bond donors (Lipinski definition) is 2. The summed E-state index contributed by atoms with van der Waals surface area (Å²) in [4.78, 5) is 6.98. The van der Waals surface area contributed by atoms with E-state index in [-0.39, 0.29) is 30.0 Å². The molecule has 5 nitrogen and oxygen atoms in total. The van der Waals surface area contributed by atoms with Gasteiger partial charge in [-0.1, -0.05) is 13.8 Å². The molecule has 1 aromatic rings. The van der Waals surface area contributed by atoms with Gasteiger partial charge in [-0.15, -0.1) is 24.0 Å². The maximum atomic E-state index is 5.98. The molecule has 0 aromatic carbocycles. The third kappa shape index (κ3) is 6.71. The maximum Gasteiger partial charge on any atom is 0.188 e. The Hall–Kier alpha value is -0.760. The number of nitrogens with one attached hydrogen (secondary N) is 1. The minimum Gasteiger partial charge on any atom is -0.465 e. The van der Waals surface area contributed by atoms with Crippen LogP contribution in [0.4, 0.5) is 0 Å². The van der Waals surface area contributed by atoms with Gasteiger partial charge in [-0.25, -0.2) is 0 Å². The monoisotopic (exact) mass is 434 g/mol. The van der Waals surface area contributed by atoms with Crippen LogP contribution in [0.3, 0.4) is 0 Å². The summed E-state index contributed by atoms with van der Waals surface area (Å²) in [5.74, 6) is 3.15. The first-order valence-corrected chi connectivity index (χ1v) is 8.40. The molecular formula is C17H31IN4O. The van der Waals surface area contributed by atoms with Crippen molar-refractivity contribution in [3.05, 3.63) is 23.7 Å². The van der Waals surface area contributed by atoms with Crippen molar-refractivity contribution >= 4 is 29.9 Å². The second-order valence-electron chi connectivity index (χ2n) is 6.54. The third-order valence-corrected chi connectivity index (χ3v) is 4.13. The number of likely N-dealkylation sites (tertiary alicyclic amines) is 1. The third-order valence-electron chi connectivity index (χ3n) is 4.13. The Labute approximate surface area is 157 Å². The van der Waals surface area contributed by atoms with Gasteiger partial charge in [0.25, 0.3) is 0 Å². The van der Waals surface area contributed by atoms with Gasteiger partial charge < -0.3 is 15.5 Å². The normalized spacial score (nSPS) is 17.3. The fraction of sp³-hybridized carbons (Fsp3) is 0.706. The molecule has 0 aliphatic carbocycles. The molecule has 2 rings (SSSR count). The summed E-state index contributed by atoms with van der Waals surface area (Å²) in [7, 11) is 0. The van der Waals surface area contributed by atoms with Crippen molar-refractivity contribution < 1.29 is 4.42 Å². The average molecular weight is 434 g/mol. The lowest BCUT2D eigenvalue weighted by Gasteiger charge is -2.24. The predicted octanol–water partition coefficient (Wildman–Crippen LogP) is 3.29. The van der Waals surface area contributed by atoms with Gasteiger partial charge >= 0.3 is 0 Å². The first kappa shape index (κ1) is 20.3. The fourth-order valence-electron chi connectivity index (χ4n) is 2.80. The van der Waals surface area contributed by atoms with Crippen LogP contribution < -0.4 is 11.1 Å². The average Bonchev–Trinajstić information content (AvgIpc) is 3.11. The molecule has 3 N–H and O–H groups in total. The van der Waals surface area contributed by atoms with Crippen LogP contribution in [0, 0.1) is 12.8 Å². The molecule has 1 atom stereocenters. The molecule has 0 bridgehead atoms. The molecule has 23 heavy (non-hydrogen) atoms. The topological polar surface area (TPSA) is 66.8 Å². The van der Waals surface area contributed by atoms with E-state index in [1.807, 2.05) is 13.0 Å². The zero-order chi connectivity index (χ0) is 15.9. The lowest BCUT2D eigenvalue weighted by Crippen LogP contribution is -2.34. The summed E-state index contributed by atoms with van der Waals surface area (Å²) >= 11 is 0. The molecule has 0 amide bonds. The predicted molar refractivity (Wildman–Crippen MR) is 106 cm³/mol. The highest BCUT2D eigenvalue weighted by Crippen LogP contribution is 2.26. The van der Waals surface area contributed by atoms with Crippen molar-refractivity contribution in [2.75, 3.05) is 26.2 Å². The van der Waals surface area contributed by atoms with Crippen LogP contribution in [-0.2, 0) is 0 Å². The number of furan rings is 1. The summed E-state index contributed by atoms with van der Waals surface area (Å²) in [5.41, 5.74) is 5.98. The van der Waals surface area contributed by atoms with E-state index in [0.717, 1.165) is 37.6 Å². The summed E-state index contributed by atoms with van der Waals surface area (Å²) in [5, 5.41) is 3.20. The number of aryl methyl sites for hydroxylation is 1. The van der Waals surface area contributed by atoms with Crippen molar-refractivity contribution in [1.29, 1.82) is 0 Å². The van der Waals surface area contributed by atoms with E-state index in [1.54, 1.807) is 0 Å². The molecule has 1 aliphatic rings. The van der Waals surface area contributed by atoms with Crippen LogP contribution in [0.15, 0.2) is 21.5 Å². The summed E-state index contributed by atoms with van der Waals surface area (Å²) in [6.07, 6.45) is 3.60. The summed E-state index contributed by atoms with van der Waals surface area (Å²) in [6, 6.07) is 4.28. The number of halogens is 1. The van der Waals surface area contributed by atoms with E-state index in [0.29, 0.717) is 18.4 Å². The van der Waals surface area contributed by atoms with Gasteiger partial charge in [-0.05, 0) is 57.3 Å². The van der Waals surface area contributed by atoms with E-state index >= 15 is 0 Å². The van der Waals surface area contributed by atoms with Crippen molar-refractivity contribution in [2.24, 2.45) is 16.6 Å². The van der Waals surface area contributed by atoms with Crippen LogP contribution >= 0.6 is 24.0 Å². The van der Waals surface area contributed by atoms with Crippen LogP contribution in [0.5, 0.6) is 0 Å². The largest absolute Gasteiger partial charge is 0.465 e. The second kappa shape index (κ2) is 10.2. The number of nitrogens with zero attached hydrogens (tertiary/aromatic N) is 2. The minimum atomic E-state index is 0. The number of guanidine groups is 1. The molecule has 1 fully saturated rings. The Morgan fingerprint density at radius 2 is 2.04 bits per heavy atom. The SMILES string of the molecule is Cc1ccc(C(CN=C(N)NCCC(C)C)N2CCCC2)o1.I. The van der Waals surface area contributed by atoms with Crippen LogP contribution in [0.2, 0.25) is 0 Å². The summed E-state index contributed by atoms with van der Waals surface area (Å²) in [6.45, 7) is 10.1. The molecule has 0 radical (unpaired) electrons. The lowest BCUT2D eigenvalue weighted by molar-refractivity contribution is 0.219. The van der Waals surface area contributed by atoms with E-state index < -0.39 is 0 Å². The number of nitrogens with two attached hydrogens (primary N) is 1. The Kier molecular flexibility index (Phi) is 8.98. The van der Waals surface area contributed by atoms with Gasteiger partial charge in [-0.2, -0.15) is 0 Å². The van der Waals surface area contributed by atoms with E-state index in [4.69, 9.17) is 10.2 Å². The Balaban J connectivity index is 0.00000264. The van der Waals surface area contributed by atoms with Crippen molar-refractivity contribution in [1.82, 2.24) is 10.2 Å². The first-order valence-electron chi connectivity index (χ1n) is 8.40. The highest BCUT2D eigenvalue weighted by Gasteiger charge is 2.25. The molecule has 2 heterocycles. The van der Waals surface area contributed by atoms with Crippen LogP contribution in [-0.4, -0.2) is 37.0 Å². The molecule has 6 heteroatoms. The maximum absolute atomic E-state index is 5.98. The highest BCUT2D eigenvalue weighted by molar-refractivity contribution is 14.0. The Morgan fingerprint density at radius 1 is 1.35 bits per heavy atom. The lowest BCUT2D eigenvalue weighted by atomic mass is 10.1. The second-order valence-corrected chi connectivity index (χ2v) is 6.54. The fourth-order valence-corrected chi connectivity index (χ4v) is 2.80. The van der Waals surface area contributed by atoms with Gasteiger partial charge in [0.2, 0.25) is 0 Å². The molecule has 1 aliphatic heterocycles. The molecule has 1 saturated heterocycles.